The first-order valence-electron chi connectivity index (χ1n) is 10.7. The molecular formula is C27H26N2O3. The number of benzene rings is 3. The number of carbonyl (C=O) groups is 1. The zero-order valence-corrected chi connectivity index (χ0v) is 18.3. The van der Waals surface area contributed by atoms with E-state index in [-0.39, 0.29) is 5.76 Å². The van der Waals surface area contributed by atoms with Crippen molar-refractivity contribution in [3.05, 3.63) is 106 Å². The molecule has 0 saturated heterocycles. The van der Waals surface area contributed by atoms with E-state index in [0.717, 1.165) is 17.7 Å². The van der Waals surface area contributed by atoms with Crippen LogP contribution >= 0.6 is 0 Å². The van der Waals surface area contributed by atoms with E-state index >= 15 is 0 Å². The molecule has 1 amide bonds. The van der Waals surface area contributed by atoms with E-state index in [1.807, 2.05) is 68.6 Å². The van der Waals surface area contributed by atoms with Gasteiger partial charge >= 0.3 is 5.63 Å². The van der Waals surface area contributed by atoms with Gasteiger partial charge in [-0.3, -0.25) is 4.79 Å². The van der Waals surface area contributed by atoms with Crippen molar-refractivity contribution in [2.45, 2.75) is 13.5 Å². The molecule has 0 aliphatic heterocycles. The van der Waals surface area contributed by atoms with Gasteiger partial charge in [0.15, 0.2) is 0 Å². The van der Waals surface area contributed by atoms with Crippen LogP contribution in [0.4, 0.5) is 0 Å². The maximum atomic E-state index is 13.1. The predicted molar refractivity (Wildman–Crippen MR) is 128 cm³/mol. The van der Waals surface area contributed by atoms with Crippen molar-refractivity contribution in [3.8, 4) is 11.1 Å². The highest BCUT2D eigenvalue weighted by atomic mass is 16.4. The molecule has 1 heterocycles. The number of hydrogen-bond acceptors (Lipinski definition) is 4. The first kappa shape index (κ1) is 21.5. The molecule has 0 fully saturated rings. The number of aryl methyl sites for hydroxylation is 1. The Labute approximate surface area is 187 Å². The van der Waals surface area contributed by atoms with E-state index in [1.165, 1.54) is 5.56 Å². The molecule has 5 nitrogen and oxygen atoms in total. The monoisotopic (exact) mass is 426 g/mol. The van der Waals surface area contributed by atoms with Crippen LogP contribution < -0.4 is 10.9 Å². The largest absolute Gasteiger partial charge is 0.416 e. The third-order valence-corrected chi connectivity index (χ3v) is 5.46. The van der Waals surface area contributed by atoms with Crippen LogP contribution in [0.3, 0.4) is 0 Å². The van der Waals surface area contributed by atoms with Gasteiger partial charge in [0, 0.05) is 30.6 Å². The number of carbonyl (C=O) groups excluding carboxylic acids is 1. The Balaban J connectivity index is 1.57. The van der Waals surface area contributed by atoms with Crippen molar-refractivity contribution < 1.29 is 9.21 Å². The van der Waals surface area contributed by atoms with Crippen LogP contribution in [-0.2, 0) is 6.54 Å². The van der Waals surface area contributed by atoms with Crippen LogP contribution in [0.5, 0.6) is 0 Å². The van der Waals surface area contributed by atoms with Gasteiger partial charge in [-0.15, -0.1) is 0 Å². The molecule has 0 radical (unpaired) electrons. The van der Waals surface area contributed by atoms with Crippen LogP contribution in [0.15, 0.2) is 88.1 Å². The fourth-order valence-electron chi connectivity index (χ4n) is 3.78. The van der Waals surface area contributed by atoms with Crippen molar-refractivity contribution >= 4 is 16.7 Å². The summed E-state index contributed by atoms with van der Waals surface area (Å²) in [5.41, 5.74) is 3.28. The number of hydrogen-bond donors (Lipinski definition) is 1. The van der Waals surface area contributed by atoms with Gasteiger partial charge in [-0.2, -0.15) is 0 Å². The molecule has 32 heavy (non-hydrogen) atoms. The number of likely N-dealkylation sites (N-methyl/N-ethyl adjacent to an activating group) is 1. The summed E-state index contributed by atoms with van der Waals surface area (Å²) in [6.07, 6.45) is 0. The molecule has 5 heteroatoms. The zero-order chi connectivity index (χ0) is 22.5. The minimum absolute atomic E-state index is 0.0447. The topological polar surface area (TPSA) is 62.6 Å². The second kappa shape index (κ2) is 9.62. The van der Waals surface area contributed by atoms with Gasteiger partial charge in [-0.25, -0.2) is 4.79 Å². The highest BCUT2D eigenvalue weighted by Crippen LogP contribution is 2.30. The standard InChI is InChI=1S/C27H26N2O3/c1-19-12-14-21(15-13-19)24-22-10-6-7-11-23(22)27(31)32-25(24)26(30)28-16-17-29(2)18-20-8-4-3-5-9-20/h3-15H,16-18H2,1-2H3,(H,28,30). The van der Waals surface area contributed by atoms with E-state index in [1.54, 1.807) is 12.1 Å². The van der Waals surface area contributed by atoms with Crippen LogP contribution in [0, 0.1) is 6.92 Å². The highest BCUT2D eigenvalue weighted by Gasteiger charge is 2.21. The first-order chi connectivity index (χ1) is 15.5. The Morgan fingerprint density at radius 1 is 0.906 bits per heavy atom. The van der Waals surface area contributed by atoms with Gasteiger partial charge in [-0.05, 0) is 31.2 Å². The smallest absolute Gasteiger partial charge is 0.344 e. The van der Waals surface area contributed by atoms with Crippen molar-refractivity contribution in [2.24, 2.45) is 0 Å². The Morgan fingerprint density at radius 3 is 2.28 bits per heavy atom. The second-order valence-electron chi connectivity index (χ2n) is 7.98. The molecule has 162 valence electrons. The molecule has 0 atom stereocenters. The number of amides is 1. The number of nitrogens with zero attached hydrogens (tertiary/aromatic N) is 1. The number of rotatable bonds is 7. The summed E-state index contributed by atoms with van der Waals surface area (Å²) >= 11 is 0. The second-order valence-corrected chi connectivity index (χ2v) is 7.98. The molecule has 0 saturated carbocycles. The Bertz CT molecular complexity index is 1280. The van der Waals surface area contributed by atoms with E-state index in [2.05, 4.69) is 22.3 Å². The lowest BCUT2D eigenvalue weighted by molar-refractivity contribution is 0.0919. The summed E-state index contributed by atoms with van der Waals surface area (Å²) in [5, 5.41) is 4.08. The summed E-state index contributed by atoms with van der Waals surface area (Å²) in [4.78, 5) is 27.8. The summed E-state index contributed by atoms with van der Waals surface area (Å²) < 4.78 is 5.54. The van der Waals surface area contributed by atoms with Crippen LogP contribution in [0.2, 0.25) is 0 Å². The minimum Gasteiger partial charge on any atom is -0.416 e. The number of nitrogens with one attached hydrogen (secondary N) is 1. The predicted octanol–water partition coefficient (Wildman–Crippen LogP) is 4.63. The molecule has 4 rings (SSSR count). The van der Waals surface area contributed by atoms with Gasteiger partial charge in [0.25, 0.3) is 5.91 Å². The molecule has 0 unspecified atom stereocenters. The van der Waals surface area contributed by atoms with Crippen molar-refractivity contribution in [2.75, 3.05) is 20.1 Å². The van der Waals surface area contributed by atoms with E-state index in [4.69, 9.17) is 4.42 Å². The van der Waals surface area contributed by atoms with Gasteiger partial charge in [0.1, 0.15) is 0 Å². The lowest BCUT2D eigenvalue weighted by Crippen LogP contribution is -2.33. The van der Waals surface area contributed by atoms with Crippen molar-refractivity contribution in [1.29, 1.82) is 0 Å². The van der Waals surface area contributed by atoms with E-state index in [0.29, 0.717) is 29.4 Å². The molecule has 4 aromatic rings. The third-order valence-electron chi connectivity index (χ3n) is 5.46. The molecule has 1 aromatic heterocycles. The fraction of sp³-hybridized carbons (Fsp3) is 0.185. The molecule has 0 bridgehead atoms. The summed E-state index contributed by atoms with van der Waals surface area (Å²) in [6, 6.07) is 25.3. The van der Waals surface area contributed by atoms with Crippen molar-refractivity contribution in [3.63, 3.8) is 0 Å². The van der Waals surface area contributed by atoms with Gasteiger partial charge in [0.05, 0.1) is 5.39 Å². The Morgan fingerprint density at radius 2 is 1.56 bits per heavy atom. The minimum atomic E-state index is -0.511. The fourth-order valence-corrected chi connectivity index (χ4v) is 3.78. The van der Waals surface area contributed by atoms with E-state index < -0.39 is 11.5 Å². The normalized spacial score (nSPS) is 11.1. The average molecular weight is 427 g/mol. The lowest BCUT2D eigenvalue weighted by Gasteiger charge is -2.17. The molecule has 0 spiro atoms. The summed E-state index contributed by atoms with van der Waals surface area (Å²) in [7, 11) is 2.01. The quantitative estimate of drug-likeness (QED) is 0.468. The van der Waals surface area contributed by atoms with Gasteiger partial charge in [0.2, 0.25) is 5.76 Å². The maximum Gasteiger partial charge on any atom is 0.344 e. The Hall–Kier alpha value is -3.70. The molecular weight excluding hydrogens is 400 g/mol. The molecule has 0 aliphatic rings. The molecule has 1 N–H and O–H groups in total. The van der Waals surface area contributed by atoms with Gasteiger partial charge < -0.3 is 14.6 Å². The molecule has 3 aromatic carbocycles. The summed E-state index contributed by atoms with van der Waals surface area (Å²) in [5.74, 6) is -0.347. The van der Waals surface area contributed by atoms with Crippen LogP contribution in [0.1, 0.15) is 21.7 Å². The van der Waals surface area contributed by atoms with E-state index in [9.17, 15) is 9.59 Å². The van der Waals surface area contributed by atoms with Crippen LogP contribution in [0.25, 0.3) is 21.9 Å². The zero-order valence-electron chi connectivity index (χ0n) is 18.3. The first-order valence-corrected chi connectivity index (χ1v) is 10.7. The van der Waals surface area contributed by atoms with Crippen molar-refractivity contribution in [1.82, 2.24) is 10.2 Å². The number of fused-ring (bicyclic) bond motifs is 1. The van der Waals surface area contributed by atoms with Crippen LogP contribution in [-0.4, -0.2) is 30.9 Å². The maximum absolute atomic E-state index is 13.1. The molecule has 0 aliphatic carbocycles. The summed E-state index contributed by atoms with van der Waals surface area (Å²) in [6.45, 7) is 3.90. The Kier molecular flexibility index (Phi) is 6.47. The third kappa shape index (κ3) is 4.79. The lowest BCUT2D eigenvalue weighted by atomic mass is 9.97. The SMILES string of the molecule is Cc1ccc(-c2c(C(=O)NCCN(C)Cc3ccccc3)oc(=O)c3ccccc23)cc1. The highest BCUT2D eigenvalue weighted by molar-refractivity contribution is 6.07. The average Bonchev–Trinajstić information content (AvgIpc) is 2.80. The van der Waals surface area contributed by atoms with Gasteiger partial charge in [-0.1, -0.05) is 78.4 Å².